The van der Waals surface area contributed by atoms with Crippen LogP contribution in [0, 0.1) is 6.92 Å². The van der Waals surface area contributed by atoms with E-state index >= 15 is 0 Å². The second-order valence-electron chi connectivity index (χ2n) is 3.86. The monoisotopic (exact) mass is 220 g/mol. The van der Waals surface area contributed by atoms with Crippen molar-refractivity contribution in [1.29, 1.82) is 0 Å². The molecule has 0 fully saturated rings. The number of hydrogen-bond acceptors (Lipinski definition) is 3. The van der Waals surface area contributed by atoms with Gasteiger partial charge in [0.05, 0.1) is 10.9 Å². The van der Waals surface area contributed by atoms with Crippen molar-refractivity contribution in [2.45, 2.75) is 6.92 Å². The largest absolute Gasteiger partial charge is 0.508 e. The number of phenolic OH excluding ortho intramolecular Hbond substituents is 1. The lowest BCUT2D eigenvalue weighted by Crippen LogP contribution is -2.36. The molecule has 0 aliphatic heterocycles. The Labute approximate surface area is 91.2 Å². The average Bonchev–Trinajstić information content (AvgIpc) is 2.26. The molecule has 0 radical (unpaired) electrons. The summed E-state index contributed by atoms with van der Waals surface area (Å²) >= 11 is 0. The first-order valence-corrected chi connectivity index (χ1v) is 4.83. The molecule has 0 aliphatic carbocycles. The molecular weight excluding hydrogens is 208 g/mol. The highest BCUT2D eigenvalue weighted by molar-refractivity contribution is 5.80. The van der Waals surface area contributed by atoms with Gasteiger partial charge in [-0.1, -0.05) is 0 Å². The lowest BCUT2D eigenvalue weighted by Gasteiger charge is -2.08. The fraction of sp³-hybridized carbons (Fsp3) is 0.273. The highest BCUT2D eigenvalue weighted by atomic mass is 16.3. The van der Waals surface area contributed by atoms with Crippen LogP contribution in [0.3, 0.4) is 0 Å². The topological polar surface area (TPSA) is 64.2 Å². The quantitative estimate of drug-likeness (QED) is 0.692. The maximum Gasteiger partial charge on any atom is 0.330 e. The molecule has 84 valence electrons. The van der Waals surface area contributed by atoms with E-state index in [9.17, 15) is 14.7 Å². The Balaban J connectivity index is 3.16. The van der Waals surface area contributed by atoms with E-state index in [-0.39, 0.29) is 11.4 Å². The van der Waals surface area contributed by atoms with Gasteiger partial charge in [0.2, 0.25) is 0 Å². The summed E-state index contributed by atoms with van der Waals surface area (Å²) in [7, 11) is 3.02. The van der Waals surface area contributed by atoms with Gasteiger partial charge in [0.25, 0.3) is 5.56 Å². The first kappa shape index (κ1) is 10.5. The van der Waals surface area contributed by atoms with Crippen LogP contribution < -0.4 is 11.2 Å². The number of aromatic nitrogens is 2. The number of rotatable bonds is 0. The van der Waals surface area contributed by atoms with Crippen molar-refractivity contribution in [3.05, 3.63) is 38.5 Å². The second kappa shape index (κ2) is 3.23. The van der Waals surface area contributed by atoms with Crippen molar-refractivity contribution in [2.75, 3.05) is 0 Å². The van der Waals surface area contributed by atoms with Crippen molar-refractivity contribution in [3.63, 3.8) is 0 Å². The van der Waals surface area contributed by atoms with E-state index in [0.29, 0.717) is 16.5 Å². The summed E-state index contributed by atoms with van der Waals surface area (Å²) in [5.41, 5.74) is 0.398. The Morgan fingerprint density at radius 3 is 2.38 bits per heavy atom. The molecule has 0 saturated carbocycles. The minimum absolute atomic E-state index is 0.0586. The third-order valence-corrected chi connectivity index (χ3v) is 2.78. The van der Waals surface area contributed by atoms with Gasteiger partial charge in [-0.15, -0.1) is 0 Å². The minimum atomic E-state index is -0.395. The molecule has 16 heavy (non-hydrogen) atoms. The van der Waals surface area contributed by atoms with Crippen molar-refractivity contribution < 1.29 is 5.11 Å². The van der Waals surface area contributed by atoms with Crippen LogP contribution in [0.15, 0.2) is 21.7 Å². The number of fused-ring (bicyclic) bond motifs is 1. The molecule has 5 heteroatoms. The van der Waals surface area contributed by atoms with Crippen LogP contribution in [-0.2, 0) is 14.1 Å². The van der Waals surface area contributed by atoms with Crippen molar-refractivity contribution in [1.82, 2.24) is 9.13 Å². The standard InChI is InChI=1S/C11H12N2O3/c1-6-4-8-7(5-9(6)14)10(15)13(3)11(16)12(8)2/h4-5,14H,1-3H3. The molecule has 0 aliphatic rings. The number of nitrogens with zero attached hydrogens (tertiary/aromatic N) is 2. The summed E-state index contributed by atoms with van der Waals surface area (Å²) in [4.78, 5) is 23.5. The summed E-state index contributed by atoms with van der Waals surface area (Å²) in [6.07, 6.45) is 0. The van der Waals surface area contributed by atoms with Crippen molar-refractivity contribution in [2.24, 2.45) is 14.1 Å². The Morgan fingerprint density at radius 2 is 1.75 bits per heavy atom. The predicted octanol–water partition coefficient (Wildman–Crippen LogP) is 0.251. The van der Waals surface area contributed by atoms with Gasteiger partial charge in [-0.25, -0.2) is 4.79 Å². The average molecular weight is 220 g/mol. The van der Waals surface area contributed by atoms with Crippen LogP contribution >= 0.6 is 0 Å². The van der Waals surface area contributed by atoms with Crippen LogP contribution in [0.2, 0.25) is 0 Å². The van der Waals surface area contributed by atoms with Gasteiger partial charge < -0.3 is 5.11 Å². The van der Waals surface area contributed by atoms with Gasteiger partial charge in [-0.05, 0) is 24.6 Å². The van der Waals surface area contributed by atoms with E-state index in [1.807, 2.05) is 0 Å². The summed E-state index contributed by atoms with van der Waals surface area (Å²) in [5, 5.41) is 9.90. The van der Waals surface area contributed by atoms with Gasteiger partial charge in [-0.3, -0.25) is 13.9 Å². The Bertz CT molecular complexity index is 695. The summed E-state index contributed by atoms with van der Waals surface area (Å²) in [5.74, 6) is 0.0586. The molecule has 0 bridgehead atoms. The molecule has 0 saturated heterocycles. The molecule has 0 unspecified atom stereocenters. The molecule has 2 aromatic rings. The number of phenols is 1. The number of benzene rings is 1. The van der Waals surface area contributed by atoms with E-state index in [1.165, 1.54) is 17.7 Å². The van der Waals surface area contributed by atoms with Crippen LogP contribution in [-0.4, -0.2) is 14.2 Å². The lowest BCUT2D eigenvalue weighted by molar-refractivity contribution is 0.471. The zero-order valence-corrected chi connectivity index (χ0v) is 9.31. The maximum atomic E-state index is 11.8. The van der Waals surface area contributed by atoms with E-state index in [2.05, 4.69) is 0 Å². The van der Waals surface area contributed by atoms with Crippen molar-refractivity contribution >= 4 is 10.9 Å². The van der Waals surface area contributed by atoms with Crippen LogP contribution in [0.5, 0.6) is 5.75 Å². The zero-order chi connectivity index (χ0) is 12.0. The molecule has 1 aromatic carbocycles. The molecule has 0 atom stereocenters. The van der Waals surface area contributed by atoms with Gasteiger partial charge in [0, 0.05) is 14.1 Å². The highest BCUT2D eigenvalue weighted by Crippen LogP contribution is 2.20. The third kappa shape index (κ3) is 1.25. The Kier molecular flexibility index (Phi) is 2.11. The molecule has 1 N–H and O–H groups in total. The van der Waals surface area contributed by atoms with Gasteiger partial charge >= 0.3 is 5.69 Å². The molecule has 1 aromatic heterocycles. The number of aryl methyl sites for hydroxylation is 2. The third-order valence-electron chi connectivity index (χ3n) is 2.78. The smallest absolute Gasteiger partial charge is 0.330 e. The van der Waals surface area contributed by atoms with Crippen molar-refractivity contribution in [3.8, 4) is 5.75 Å². The lowest BCUT2D eigenvalue weighted by atomic mass is 10.1. The Hall–Kier alpha value is -2.04. The zero-order valence-electron chi connectivity index (χ0n) is 9.31. The first-order chi connectivity index (χ1) is 7.43. The maximum absolute atomic E-state index is 11.8. The minimum Gasteiger partial charge on any atom is -0.508 e. The van der Waals surface area contributed by atoms with E-state index in [0.717, 1.165) is 4.57 Å². The number of aromatic hydroxyl groups is 1. The molecule has 0 amide bonds. The number of hydrogen-bond donors (Lipinski definition) is 1. The highest BCUT2D eigenvalue weighted by Gasteiger charge is 2.10. The fourth-order valence-corrected chi connectivity index (χ4v) is 1.73. The van der Waals surface area contributed by atoms with Crippen LogP contribution in [0.25, 0.3) is 10.9 Å². The summed E-state index contributed by atoms with van der Waals surface area (Å²) < 4.78 is 2.42. The molecular formula is C11H12N2O3. The molecule has 0 spiro atoms. The summed E-state index contributed by atoms with van der Waals surface area (Å²) in [6, 6.07) is 3.03. The van der Waals surface area contributed by atoms with Crippen LogP contribution in [0.4, 0.5) is 0 Å². The molecule has 5 nitrogen and oxygen atoms in total. The van der Waals surface area contributed by atoms with Gasteiger partial charge in [0.1, 0.15) is 5.75 Å². The van der Waals surface area contributed by atoms with E-state index in [1.54, 1.807) is 20.0 Å². The van der Waals surface area contributed by atoms with Crippen LogP contribution in [0.1, 0.15) is 5.56 Å². The molecule has 2 rings (SSSR count). The Morgan fingerprint density at radius 1 is 1.12 bits per heavy atom. The van der Waals surface area contributed by atoms with E-state index in [4.69, 9.17) is 0 Å². The normalized spacial score (nSPS) is 10.9. The first-order valence-electron chi connectivity index (χ1n) is 4.83. The predicted molar refractivity (Wildman–Crippen MR) is 60.8 cm³/mol. The molecule has 1 heterocycles. The second-order valence-corrected chi connectivity index (χ2v) is 3.86. The fourth-order valence-electron chi connectivity index (χ4n) is 1.73. The SMILES string of the molecule is Cc1cc2c(cc1O)c(=O)n(C)c(=O)n2C. The summed E-state index contributed by atoms with van der Waals surface area (Å²) in [6.45, 7) is 1.72. The van der Waals surface area contributed by atoms with Gasteiger partial charge in [-0.2, -0.15) is 0 Å². The van der Waals surface area contributed by atoms with Gasteiger partial charge in [0.15, 0.2) is 0 Å². The van der Waals surface area contributed by atoms with E-state index < -0.39 is 5.56 Å².